The van der Waals surface area contributed by atoms with E-state index in [4.69, 9.17) is 0 Å². The molecule has 2 fully saturated rings. The fourth-order valence-electron chi connectivity index (χ4n) is 6.38. The summed E-state index contributed by atoms with van der Waals surface area (Å²) < 4.78 is 0.730. The number of ketones is 1. The smallest absolute Gasteiger partial charge is 0.135 e. The molecule has 2 saturated carbocycles. The van der Waals surface area contributed by atoms with E-state index >= 15 is 0 Å². The van der Waals surface area contributed by atoms with Gasteiger partial charge in [0.1, 0.15) is 5.78 Å². The highest BCUT2D eigenvalue weighted by molar-refractivity contribution is 14.1. The normalized spacial score (nSPS) is 26.9. The summed E-state index contributed by atoms with van der Waals surface area (Å²) in [5.41, 5.74) is 0. The summed E-state index contributed by atoms with van der Waals surface area (Å²) in [6.45, 7) is 9.38. The van der Waals surface area contributed by atoms with Crippen LogP contribution in [0.1, 0.15) is 137 Å². The minimum Gasteiger partial charge on any atom is -0.299 e. The molecule has 0 aromatic rings. The predicted molar refractivity (Wildman–Crippen MR) is 145 cm³/mol. The molecule has 0 bridgehead atoms. The van der Waals surface area contributed by atoms with Gasteiger partial charge in [-0.2, -0.15) is 0 Å². The van der Waals surface area contributed by atoms with Crippen molar-refractivity contribution in [2.24, 2.45) is 35.5 Å². The minimum absolute atomic E-state index is 0.273. The molecule has 0 aliphatic heterocycles. The van der Waals surface area contributed by atoms with Crippen LogP contribution in [0.4, 0.5) is 0 Å². The maximum absolute atomic E-state index is 12.7. The SMILES string of the molecule is CCC1CCC(CCC(CCCC(=O)C(C)CCC(C)C2CCCCC2)[C@@H](C)I)CC1. The molecule has 1 nitrogen and oxygen atoms in total. The van der Waals surface area contributed by atoms with Crippen molar-refractivity contribution in [2.45, 2.75) is 141 Å². The first-order chi connectivity index (χ1) is 14.9. The summed E-state index contributed by atoms with van der Waals surface area (Å²) in [4.78, 5) is 12.7. The average Bonchev–Trinajstić information content (AvgIpc) is 2.79. The molecule has 31 heavy (non-hydrogen) atoms. The molecular weight excluding hydrogens is 491 g/mol. The van der Waals surface area contributed by atoms with Gasteiger partial charge in [-0.05, 0) is 61.7 Å². The largest absolute Gasteiger partial charge is 0.299 e. The van der Waals surface area contributed by atoms with Gasteiger partial charge in [0, 0.05) is 16.3 Å². The Morgan fingerprint density at radius 2 is 1.48 bits per heavy atom. The molecule has 2 aliphatic rings. The van der Waals surface area contributed by atoms with Crippen LogP contribution < -0.4 is 0 Å². The minimum atomic E-state index is 0.273. The van der Waals surface area contributed by atoms with Gasteiger partial charge in [0.15, 0.2) is 0 Å². The van der Waals surface area contributed by atoms with Crippen molar-refractivity contribution in [3.8, 4) is 0 Å². The number of halogens is 1. The number of alkyl halides is 1. The highest BCUT2D eigenvalue weighted by atomic mass is 127. The second-order valence-corrected chi connectivity index (χ2v) is 13.5. The lowest BCUT2D eigenvalue weighted by Gasteiger charge is -2.29. The van der Waals surface area contributed by atoms with Crippen molar-refractivity contribution in [3.05, 3.63) is 0 Å². The second-order valence-electron chi connectivity index (χ2n) is 11.5. The van der Waals surface area contributed by atoms with Crippen LogP contribution in [0.25, 0.3) is 0 Å². The van der Waals surface area contributed by atoms with Gasteiger partial charge < -0.3 is 0 Å². The first-order valence-corrected chi connectivity index (χ1v) is 15.3. The van der Waals surface area contributed by atoms with Gasteiger partial charge >= 0.3 is 0 Å². The predicted octanol–water partition coefficient (Wildman–Crippen LogP) is 9.79. The molecule has 0 aromatic carbocycles. The third-order valence-electron chi connectivity index (χ3n) is 9.20. The Morgan fingerprint density at radius 1 is 0.839 bits per heavy atom. The molecule has 2 heteroatoms. The molecular formula is C29H53IO. The van der Waals surface area contributed by atoms with Crippen LogP contribution in [0.2, 0.25) is 0 Å². The molecule has 0 radical (unpaired) electrons. The first-order valence-electron chi connectivity index (χ1n) is 14.1. The van der Waals surface area contributed by atoms with Gasteiger partial charge in [-0.25, -0.2) is 0 Å². The zero-order valence-corrected chi connectivity index (χ0v) is 23.5. The molecule has 182 valence electrons. The van der Waals surface area contributed by atoms with E-state index in [1.54, 1.807) is 0 Å². The zero-order chi connectivity index (χ0) is 22.6. The number of hydrogen-bond donors (Lipinski definition) is 0. The third kappa shape index (κ3) is 10.5. The summed E-state index contributed by atoms with van der Waals surface area (Å²) >= 11 is 2.64. The monoisotopic (exact) mass is 544 g/mol. The van der Waals surface area contributed by atoms with Gasteiger partial charge in [0.25, 0.3) is 0 Å². The maximum Gasteiger partial charge on any atom is 0.135 e. The summed E-state index contributed by atoms with van der Waals surface area (Å²) in [6.07, 6.45) is 22.8. The number of carbonyl (C=O) groups excluding carboxylic acids is 1. The Kier molecular flexibility index (Phi) is 13.7. The Bertz CT molecular complexity index is 473. The van der Waals surface area contributed by atoms with Gasteiger partial charge in [-0.1, -0.05) is 121 Å². The lowest BCUT2D eigenvalue weighted by molar-refractivity contribution is -0.122. The standard InChI is InChI=1S/C29H53IO/c1-5-25-16-18-26(19-17-25)20-21-28(24(4)30)12-9-13-29(31)23(3)15-14-22(2)27-10-7-6-8-11-27/h22-28H,5-21H2,1-4H3/t22?,23?,24-,25?,26?,28?/m1/s1. The van der Waals surface area contributed by atoms with E-state index in [0.717, 1.165) is 52.8 Å². The van der Waals surface area contributed by atoms with Crippen molar-refractivity contribution in [2.75, 3.05) is 0 Å². The van der Waals surface area contributed by atoms with E-state index in [9.17, 15) is 4.79 Å². The summed E-state index contributed by atoms with van der Waals surface area (Å²) in [5.74, 6) is 5.34. The van der Waals surface area contributed by atoms with Crippen LogP contribution in [0, 0.1) is 35.5 Å². The van der Waals surface area contributed by atoms with Gasteiger partial charge in [-0.15, -0.1) is 0 Å². The molecule has 0 amide bonds. The first kappa shape index (κ1) is 27.6. The molecule has 0 spiro atoms. The zero-order valence-electron chi connectivity index (χ0n) is 21.3. The molecule has 0 aromatic heterocycles. The molecule has 2 rings (SSSR count). The molecule has 2 aliphatic carbocycles. The molecule has 0 heterocycles. The molecule has 3 unspecified atom stereocenters. The highest BCUT2D eigenvalue weighted by Crippen LogP contribution is 2.36. The van der Waals surface area contributed by atoms with Crippen LogP contribution in [0.3, 0.4) is 0 Å². The van der Waals surface area contributed by atoms with Crippen LogP contribution in [-0.4, -0.2) is 9.71 Å². The van der Waals surface area contributed by atoms with Crippen LogP contribution in [0.15, 0.2) is 0 Å². The Hall–Kier alpha value is 0.400. The van der Waals surface area contributed by atoms with Crippen LogP contribution >= 0.6 is 22.6 Å². The molecule has 0 N–H and O–H groups in total. The lowest BCUT2D eigenvalue weighted by atomic mass is 9.77. The van der Waals surface area contributed by atoms with Gasteiger partial charge in [0.2, 0.25) is 0 Å². The van der Waals surface area contributed by atoms with E-state index < -0.39 is 0 Å². The van der Waals surface area contributed by atoms with E-state index in [2.05, 4.69) is 50.3 Å². The van der Waals surface area contributed by atoms with E-state index in [1.807, 2.05) is 0 Å². The van der Waals surface area contributed by atoms with Crippen molar-refractivity contribution in [3.63, 3.8) is 0 Å². The topological polar surface area (TPSA) is 17.1 Å². The van der Waals surface area contributed by atoms with Crippen LogP contribution in [0.5, 0.6) is 0 Å². The summed E-state index contributed by atoms with van der Waals surface area (Å²) in [5, 5.41) is 0. The van der Waals surface area contributed by atoms with Crippen LogP contribution in [-0.2, 0) is 4.79 Å². The van der Waals surface area contributed by atoms with Gasteiger partial charge in [-0.3, -0.25) is 4.79 Å². The Balaban J connectivity index is 1.61. The van der Waals surface area contributed by atoms with Gasteiger partial charge in [0.05, 0.1) is 0 Å². The van der Waals surface area contributed by atoms with E-state index in [1.165, 1.54) is 89.9 Å². The number of rotatable bonds is 14. The fourth-order valence-corrected chi connectivity index (χ4v) is 7.10. The summed E-state index contributed by atoms with van der Waals surface area (Å²) in [6, 6.07) is 0. The van der Waals surface area contributed by atoms with Crippen molar-refractivity contribution in [1.82, 2.24) is 0 Å². The summed E-state index contributed by atoms with van der Waals surface area (Å²) in [7, 11) is 0. The lowest BCUT2D eigenvalue weighted by Crippen LogP contribution is -2.19. The molecule has 4 atom stereocenters. The number of Topliss-reactive ketones (excluding diaryl/α,β-unsaturated/α-hetero) is 1. The second kappa shape index (κ2) is 15.3. The average molecular weight is 545 g/mol. The van der Waals surface area contributed by atoms with Crippen molar-refractivity contribution >= 4 is 28.4 Å². The van der Waals surface area contributed by atoms with E-state index in [-0.39, 0.29) is 5.92 Å². The number of carbonyl (C=O) groups is 1. The maximum atomic E-state index is 12.7. The Labute approximate surface area is 208 Å². The third-order valence-corrected chi connectivity index (χ3v) is 10.2. The van der Waals surface area contributed by atoms with E-state index in [0.29, 0.717) is 5.78 Å². The van der Waals surface area contributed by atoms with Crippen molar-refractivity contribution in [1.29, 1.82) is 0 Å². The number of hydrogen-bond acceptors (Lipinski definition) is 1. The van der Waals surface area contributed by atoms with Crippen molar-refractivity contribution < 1.29 is 4.79 Å². The Morgan fingerprint density at radius 3 is 2.10 bits per heavy atom. The highest BCUT2D eigenvalue weighted by Gasteiger charge is 2.24. The molecule has 0 saturated heterocycles. The fraction of sp³-hybridized carbons (Fsp3) is 0.966. The quantitative estimate of drug-likeness (QED) is 0.157.